The number of carbonyl (C=O) groups is 2. The second-order valence-corrected chi connectivity index (χ2v) is 3.76. The summed E-state index contributed by atoms with van der Waals surface area (Å²) in [5.41, 5.74) is 0. The van der Waals surface area contributed by atoms with Crippen molar-refractivity contribution >= 4 is 11.9 Å². The molecule has 1 saturated carbocycles. The SMILES string of the molecule is CCN(CCC(=O)O)C(=O)CC1CC1. The number of hydrogen-bond donors (Lipinski definition) is 1. The Kier molecular flexibility index (Phi) is 3.92. The molecule has 0 bridgehead atoms. The molecule has 1 N–H and O–H groups in total. The Morgan fingerprint density at radius 2 is 2.07 bits per heavy atom. The second kappa shape index (κ2) is 4.98. The molecule has 1 aliphatic rings. The summed E-state index contributed by atoms with van der Waals surface area (Å²) in [6, 6.07) is 0. The number of rotatable bonds is 6. The van der Waals surface area contributed by atoms with E-state index in [0.29, 0.717) is 25.4 Å². The van der Waals surface area contributed by atoms with Gasteiger partial charge in [0.05, 0.1) is 6.42 Å². The lowest BCUT2D eigenvalue weighted by Crippen LogP contribution is -2.32. The van der Waals surface area contributed by atoms with Crippen molar-refractivity contribution in [1.82, 2.24) is 4.90 Å². The summed E-state index contributed by atoms with van der Waals surface area (Å²) < 4.78 is 0. The van der Waals surface area contributed by atoms with Gasteiger partial charge in [0.25, 0.3) is 0 Å². The van der Waals surface area contributed by atoms with Gasteiger partial charge in [-0.1, -0.05) is 0 Å². The number of carbonyl (C=O) groups excluding carboxylic acids is 1. The highest BCUT2D eigenvalue weighted by molar-refractivity contribution is 5.77. The van der Waals surface area contributed by atoms with Gasteiger partial charge in [-0.2, -0.15) is 0 Å². The van der Waals surface area contributed by atoms with Gasteiger partial charge in [0.2, 0.25) is 5.91 Å². The number of carboxylic acid groups (broad SMARTS) is 1. The molecule has 0 unspecified atom stereocenters. The minimum Gasteiger partial charge on any atom is -0.481 e. The van der Waals surface area contributed by atoms with Crippen molar-refractivity contribution in [1.29, 1.82) is 0 Å². The standard InChI is InChI=1S/C10H17NO3/c1-2-11(6-5-10(13)14)9(12)7-8-3-4-8/h8H,2-7H2,1H3,(H,13,14). The number of amides is 1. The van der Waals surface area contributed by atoms with E-state index in [-0.39, 0.29) is 12.3 Å². The van der Waals surface area contributed by atoms with Crippen LogP contribution in [0.15, 0.2) is 0 Å². The molecule has 14 heavy (non-hydrogen) atoms. The predicted molar refractivity (Wildman–Crippen MR) is 51.8 cm³/mol. The monoisotopic (exact) mass is 199 g/mol. The van der Waals surface area contributed by atoms with Crippen LogP contribution in [0.4, 0.5) is 0 Å². The Bertz CT molecular complexity index is 223. The van der Waals surface area contributed by atoms with Crippen LogP contribution in [0.25, 0.3) is 0 Å². The molecule has 1 amide bonds. The maximum Gasteiger partial charge on any atom is 0.305 e. The Balaban J connectivity index is 2.27. The maximum atomic E-state index is 11.6. The topological polar surface area (TPSA) is 57.6 Å². The molecule has 1 aliphatic carbocycles. The van der Waals surface area contributed by atoms with Crippen LogP contribution >= 0.6 is 0 Å². The van der Waals surface area contributed by atoms with Gasteiger partial charge in [-0.3, -0.25) is 9.59 Å². The summed E-state index contributed by atoms with van der Waals surface area (Å²) in [6.45, 7) is 2.84. The van der Waals surface area contributed by atoms with E-state index in [4.69, 9.17) is 5.11 Å². The zero-order valence-corrected chi connectivity index (χ0v) is 8.53. The van der Waals surface area contributed by atoms with E-state index in [0.717, 1.165) is 12.8 Å². The molecule has 0 spiro atoms. The van der Waals surface area contributed by atoms with Crippen molar-refractivity contribution < 1.29 is 14.7 Å². The number of hydrogen-bond acceptors (Lipinski definition) is 2. The molecule has 4 heteroatoms. The molecular formula is C10H17NO3. The van der Waals surface area contributed by atoms with Crippen molar-refractivity contribution in [3.8, 4) is 0 Å². The Morgan fingerprint density at radius 1 is 1.43 bits per heavy atom. The summed E-state index contributed by atoms with van der Waals surface area (Å²) in [6.07, 6.45) is 2.96. The zero-order valence-electron chi connectivity index (χ0n) is 8.53. The van der Waals surface area contributed by atoms with Crippen LogP contribution < -0.4 is 0 Å². The molecule has 0 heterocycles. The second-order valence-electron chi connectivity index (χ2n) is 3.76. The molecule has 0 aromatic heterocycles. The van der Waals surface area contributed by atoms with Crippen molar-refractivity contribution in [3.63, 3.8) is 0 Å². The van der Waals surface area contributed by atoms with E-state index >= 15 is 0 Å². The lowest BCUT2D eigenvalue weighted by Gasteiger charge is -2.19. The van der Waals surface area contributed by atoms with E-state index < -0.39 is 5.97 Å². The summed E-state index contributed by atoms with van der Waals surface area (Å²) in [7, 11) is 0. The van der Waals surface area contributed by atoms with E-state index in [1.54, 1.807) is 4.90 Å². The average molecular weight is 199 g/mol. The van der Waals surface area contributed by atoms with Crippen LogP contribution in [-0.2, 0) is 9.59 Å². The maximum absolute atomic E-state index is 11.6. The molecule has 0 saturated heterocycles. The number of nitrogens with zero attached hydrogens (tertiary/aromatic N) is 1. The molecule has 0 radical (unpaired) electrons. The highest BCUT2D eigenvalue weighted by atomic mass is 16.4. The van der Waals surface area contributed by atoms with Gasteiger partial charge < -0.3 is 10.0 Å². The first kappa shape index (κ1) is 11.0. The van der Waals surface area contributed by atoms with Gasteiger partial charge >= 0.3 is 5.97 Å². The predicted octanol–water partition coefficient (Wildman–Crippen LogP) is 1.11. The third kappa shape index (κ3) is 3.77. The summed E-state index contributed by atoms with van der Waals surface area (Å²) in [4.78, 5) is 23.5. The normalized spacial score (nSPS) is 15.2. The van der Waals surface area contributed by atoms with Crippen LogP contribution in [0.2, 0.25) is 0 Å². The van der Waals surface area contributed by atoms with Gasteiger partial charge in [0.1, 0.15) is 0 Å². The lowest BCUT2D eigenvalue weighted by atomic mass is 10.2. The van der Waals surface area contributed by atoms with Crippen molar-refractivity contribution in [2.75, 3.05) is 13.1 Å². The smallest absolute Gasteiger partial charge is 0.305 e. The first-order valence-electron chi connectivity index (χ1n) is 5.13. The van der Waals surface area contributed by atoms with Gasteiger partial charge in [-0.15, -0.1) is 0 Å². The number of aliphatic carboxylic acids is 1. The third-order valence-electron chi connectivity index (χ3n) is 2.49. The van der Waals surface area contributed by atoms with Crippen LogP contribution in [0.3, 0.4) is 0 Å². The molecule has 1 rings (SSSR count). The fourth-order valence-corrected chi connectivity index (χ4v) is 1.39. The van der Waals surface area contributed by atoms with Crippen LogP contribution in [0.5, 0.6) is 0 Å². The minimum atomic E-state index is -0.845. The summed E-state index contributed by atoms with van der Waals surface area (Å²) in [5.74, 6) is -0.166. The largest absolute Gasteiger partial charge is 0.481 e. The first-order chi connectivity index (χ1) is 6.63. The highest BCUT2D eigenvalue weighted by Gasteiger charge is 2.26. The molecule has 4 nitrogen and oxygen atoms in total. The third-order valence-corrected chi connectivity index (χ3v) is 2.49. The molecule has 0 aromatic rings. The molecule has 0 aromatic carbocycles. The van der Waals surface area contributed by atoms with Gasteiger partial charge in [0, 0.05) is 19.5 Å². The van der Waals surface area contributed by atoms with Crippen molar-refractivity contribution in [2.24, 2.45) is 5.92 Å². The van der Waals surface area contributed by atoms with Crippen LogP contribution in [0, 0.1) is 5.92 Å². The van der Waals surface area contributed by atoms with Crippen LogP contribution in [-0.4, -0.2) is 35.0 Å². The number of carboxylic acids is 1. The van der Waals surface area contributed by atoms with E-state index in [9.17, 15) is 9.59 Å². The minimum absolute atomic E-state index is 0.0459. The Hall–Kier alpha value is -1.06. The molecule has 1 fully saturated rings. The zero-order chi connectivity index (χ0) is 10.6. The van der Waals surface area contributed by atoms with Gasteiger partial charge in [-0.05, 0) is 25.7 Å². The van der Waals surface area contributed by atoms with Crippen molar-refractivity contribution in [3.05, 3.63) is 0 Å². The lowest BCUT2D eigenvalue weighted by molar-refractivity contribution is -0.138. The quantitative estimate of drug-likeness (QED) is 0.697. The Labute approximate surface area is 83.9 Å². The van der Waals surface area contributed by atoms with E-state index in [2.05, 4.69) is 0 Å². The molecule has 0 atom stereocenters. The Morgan fingerprint density at radius 3 is 2.50 bits per heavy atom. The van der Waals surface area contributed by atoms with Gasteiger partial charge in [0.15, 0.2) is 0 Å². The summed E-state index contributed by atoms with van der Waals surface area (Å²) >= 11 is 0. The molecule has 80 valence electrons. The van der Waals surface area contributed by atoms with Crippen LogP contribution in [0.1, 0.15) is 32.6 Å². The fourth-order valence-electron chi connectivity index (χ4n) is 1.39. The fraction of sp³-hybridized carbons (Fsp3) is 0.800. The van der Waals surface area contributed by atoms with Crippen molar-refractivity contribution in [2.45, 2.75) is 32.6 Å². The van der Waals surface area contributed by atoms with E-state index in [1.807, 2.05) is 6.92 Å². The van der Waals surface area contributed by atoms with E-state index in [1.165, 1.54) is 0 Å². The average Bonchev–Trinajstić information content (AvgIpc) is 2.88. The molecular weight excluding hydrogens is 182 g/mol. The molecule has 0 aliphatic heterocycles. The summed E-state index contributed by atoms with van der Waals surface area (Å²) in [5, 5.41) is 8.50. The first-order valence-corrected chi connectivity index (χ1v) is 5.13. The highest BCUT2D eigenvalue weighted by Crippen LogP contribution is 2.32. The van der Waals surface area contributed by atoms with Gasteiger partial charge in [-0.25, -0.2) is 0 Å².